The maximum Gasteiger partial charge on any atom is 0.276 e. The fraction of sp³-hybridized carbons (Fsp3) is 0.500. The number of hydrazine groups is 1. The Bertz CT molecular complexity index is 510. The van der Waals surface area contributed by atoms with Crippen LogP contribution in [-0.2, 0) is 0 Å². The first-order valence-electron chi connectivity index (χ1n) is 6.62. The van der Waals surface area contributed by atoms with Crippen molar-refractivity contribution < 1.29 is 9.90 Å². The highest BCUT2D eigenvalue weighted by Gasteiger charge is 2.18. The number of nitrogens with one attached hydrogen (secondary N) is 1. The molecule has 1 aromatic heterocycles. The van der Waals surface area contributed by atoms with Gasteiger partial charge >= 0.3 is 0 Å². The van der Waals surface area contributed by atoms with Gasteiger partial charge in [-0.05, 0) is 18.5 Å². The SMILES string of the molecule is CN1CCN(NC(=O)c2sccc2C#CCCO)CC1. The second kappa shape index (κ2) is 7.41. The molecule has 1 aliphatic heterocycles. The summed E-state index contributed by atoms with van der Waals surface area (Å²) in [5.74, 6) is 5.68. The maximum atomic E-state index is 12.2. The van der Waals surface area contributed by atoms with Gasteiger partial charge in [0.1, 0.15) is 4.88 Å². The number of piperazine rings is 1. The van der Waals surface area contributed by atoms with Crippen LogP contribution in [0.3, 0.4) is 0 Å². The molecule has 0 spiro atoms. The van der Waals surface area contributed by atoms with Gasteiger partial charge in [-0.25, -0.2) is 5.01 Å². The van der Waals surface area contributed by atoms with Gasteiger partial charge in [-0.2, -0.15) is 0 Å². The Morgan fingerprint density at radius 3 is 2.90 bits per heavy atom. The summed E-state index contributed by atoms with van der Waals surface area (Å²) in [5.41, 5.74) is 3.67. The molecule has 0 radical (unpaired) electrons. The summed E-state index contributed by atoms with van der Waals surface area (Å²) in [7, 11) is 2.08. The van der Waals surface area contributed by atoms with E-state index < -0.39 is 0 Å². The van der Waals surface area contributed by atoms with E-state index in [0.717, 1.165) is 31.7 Å². The minimum atomic E-state index is -0.0992. The number of hydrogen-bond acceptors (Lipinski definition) is 5. The van der Waals surface area contributed by atoms with Gasteiger partial charge in [0.25, 0.3) is 5.91 Å². The van der Waals surface area contributed by atoms with Crippen molar-refractivity contribution in [3.8, 4) is 11.8 Å². The molecule has 5 nitrogen and oxygen atoms in total. The van der Waals surface area contributed by atoms with Gasteiger partial charge in [-0.3, -0.25) is 10.2 Å². The van der Waals surface area contributed by atoms with E-state index in [4.69, 9.17) is 5.11 Å². The molecular formula is C14H19N3O2S. The van der Waals surface area contributed by atoms with Gasteiger partial charge in [0.05, 0.1) is 6.61 Å². The smallest absolute Gasteiger partial charge is 0.276 e. The molecule has 2 heterocycles. The lowest BCUT2D eigenvalue weighted by atomic mass is 10.2. The lowest BCUT2D eigenvalue weighted by Crippen LogP contribution is -2.52. The normalized spacial score (nSPS) is 16.5. The summed E-state index contributed by atoms with van der Waals surface area (Å²) in [5, 5.41) is 12.5. The number of rotatable bonds is 3. The molecular weight excluding hydrogens is 274 g/mol. The second-order valence-corrected chi connectivity index (χ2v) is 5.59. The van der Waals surface area contributed by atoms with Crippen LogP contribution in [0, 0.1) is 11.8 Å². The van der Waals surface area contributed by atoms with Crippen LogP contribution in [0.5, 0.6) is 0 Å². The fourth-order valence-electron chi connectivity index (χ4n) is 1.91. The molecule has 1 saturated heterocycles. The molecule has 108 valence electrons. The Morgan fingerprint density at radius 1 is 1.45 bits per heavy atom. The molecule has 20 heavy (non-hydrogen) atoms. The van der Waals surface area contributed by atoms with Gasteiger partial charge in [-0.15, -0.1) is 11.3 Å². The number of hydrogen-bond donors (Lipinski definition) is 2. The van der Waals surface area contributed by atoms with Crippen molar-refractivity contribution >= 4 is 17.2 Å². The van der Waals surface area contributed by atoms with Crippen LogP contribution >= 0.6 is 11.3 Å². The first-order valence-corrected chi connectivity index (χ1v) is 7.50. The lowest BCUT2D eigenvalue weighted by Gasteiger charge is -2.32. The lowest BCUT2D eigenvalue weighted by molar-refractivity contribution is 0.0666. The molecule has 0 aromatic carbocycles. The van der Waals surface area contributed by atoms with Gasteiger partial charge in [0.2, 0.25) is 0 Å². The highest BCUT2D eigenvalue weighted by molar-refractivity contribution is 7.12. The first-order chi connectivity index (χ1) is 9.70. The van der Waals surface area contributed by atoms with Crippen molar-refractivity contribution in [2.24, 2.45) is 0 Å². The van der Waals surface area contributed by atoms with Gasteiger partial charge in [0.15, 0.2) is 0 Å². The average Bonchev–Trinajstić information content (AvgIpc) is 2.90. The third-order valence-corrected chi connectivity index (χ3v) is 4.01. The maximum absolute atomic E-state index is 12.2. The predicted octanol–water partition coefficient (Wildman–Crippen LogP) is 0.374. The largest absolute Gasteiger partial charge is 0.395 e. The van der Waals surface area contributed by atoms with Gasteiger partial charge < -0.3 is 10.0 Å². The molecule has 1 aromatic rings. The Kier molecular flexibility index (Phi) is 5.56. The molecule has 6 heteroatoms. The van der Waals surface area contributed by atoms with E-state index >= 15 is 0 Å². The number of nitrogens with zero attached hydrogens (tertiary/aromatic N) is 2. The number of aliphatic hydroxyl groups is 1. The molecule has 2 rings (SSSR count). The monoisotopic (exact) mass is 293 g/mol. The summed E-state index contributed by atoms with van der Waals surface area (Å²) in [6, 6.07) is 1.84. The minimum Gasteiger partial charge on any atom is -0.395 e. The fourth-order valence-corrected chi connectivity index (χ4v) is 2.65. The number of carbonyl (C=O) groups is 1. The summed E-state index contributed by atoms with van der Waals surface area (Å²) in [4.78, 5) is 15.1. The van der Waals surface area contributed by atoms with E-state index in [9.17, 15) is 4.79 Å². The molecule has 0 unspecified atom stereocenters. The van der Waals surface area contributed by atoms with Crippen molar-refractivity contribution in [2.45, 2.75) is 6.42 Å². The van der Waals surface area contributed by atoms with Crippen molar-refractivity contribution in [3.05, 3.63) is 21.9 Å². The highest BCUT2D eigenvalue weighted by atomic mass is 32.1. The number of amides is 1. The first kappa shape index (κ1) is 15.0. The van der Waals surface area contributed by atoms with Crippen molar-refractivity contribution in [1.29, 1.82) is 0 Å². The second-order valence-electron chi connectivity index (χ2n) is 4.67. The number of likely N-dealkylation sites (N-methyl/N-ethyl adjacent to an activating group) is 1. The van der Waals surface area contributed by atoms with Crippen LogP contribution in [-0.4, -0.2) is 60.8 Å². The van der Waals surface area contributed by atoms with Crippen LogP contribution in [0.1, 0.15) is 21.7 Å². The zero-order chi connectivity index (χ0) is 14.4. The van der Waals surface area contributed by atoms with E-state index in [1.54, 1.807) is 0 Å². The molecule has 1 aliphatic rings. The van der Waals surface area contributed by atoms with Crippen LogP contribution in [0.2, 0.25) is 0 Å². The third-order valence-electron chi connectivity index (χ3n) is 3.09. The summed E-state index contributed by atoms with van der Waals surface area (Å²) in [6.07, 6.45) is 0.426. The van der Waals surface area contributed by atoms with E-state index in [2.05, 4.69) is 29.2 Å². The third kappa shape index (κ3) is 4.05. The Labute approximate surface area is 123 Å². The van der Waals surface area contributed by atoms with Crippen molar-refractivity contribution in [3.63, 3.8) is 0 Å². The van der Waals surface area contributed by atoms with E-state index in [0.29, 0.717) is 11.3 Å². The molecule has 0 saturated carbocycles. The molecule has 2 N–H and O–H groups in total. The Balaban J connectivity index is 1.96. The number of aliphatic hydroxyl groups excluding tert-OH is 1. The molecule has 1 fully saturated rings. The van der Waals surface area contributed by atoms with Crippen LogP contribution < -0.4 is 5.43 Å². The molecule has 0 aliphatic carbocycles. The average molecular weight is 293 g/mol. The standard InChI is InChI=1S/C14H19N3O2S/c1-16-6-8-17(9-7-16)15-14(19)13-12(5-11-20-13)4-2-3-10-18/h5,11,18H,3,6-10H2,1H3,(H,15,19). The minimum absolute atomic E-state index is 0.0416. The van der Waals surface area contributed by atoms with Crippen LogP contribution in [0.25, 0.3) is 0 Å². The van der Waals surface area contributed by atoms with Gasteiger partial charge in [0, 0.05) is 38.2 Å². The summed E-state index contributed by atoms with van der Waals surface area (Å²) < 4.78 is 0. The van der Waals surface area contributed by atoms with Crippen LogP contribution in [0.15, 0.2) is 11.4 Å². The number of carbonyl (C=O) groups excluding carboxylic acids is 1. The van der Waals surface area contributed by atoms with Crippen LogP contribution in [0.4, 0.5) is 0 Å². The number of thiophene rings is 1. The molecule has 1 amide bonds. The van der Waals surface area contributed by atoms with E-state index in [1.807, 2.05) is 16.5 Å². The van der Waals surface area contributed by atoms with E-state index in [1.165, 1.54) is 11.3 Å². The van der Waals surface area contributed by atoms with Crippen molar-refractivity contribution in [2.75, 3.05) is 39.8 Å². The molecule has 0 bridgehead atoms. The zero-order valence-corrected chi connectivity index (χ0v) is 12.4. The van der Waals surface area contributed by atoms with Gasteiger partial charge in [-0.1, -0.05) is 11.8 Å². The Hall–Kier alpha value is -1.39. The topological polar surface area (TPSA) is 55.8 Å². The zero-order valence-electron chi connectivity index (χ0n) is 11.6. The quantitative estimate of drug-likeness (QED) is 0.791. The summed E-state index contributed by atoms with van der Waals surface area (Å²) >= 11 is 1.39. The predicted molar refractivity (Wildman–Crippen MR) is 79.4 cm³/mol. The molecule has 0 atom stereocenters. The summed E-state index contributed by atoms with van der Waals surface area (Å²) in [6.45, 7) is 3.61. The van der Waals surface area contributed by atoms with E-state index in [-0.39, 0.29) is 12.5 Å². The Morgan fingerprint density at radius 2 is 2.20 bits per heavy atom. The van der Waals surface area contributed by atoms with Crippen molar-refractivity contribution in [1.82, 2.24) is 15.3 Å². The highest BCUT2D eigenvalue weighted by Crippen LogP contribution is 2.16.